The highest BCUT2D eigenvalue weighted by molar-refractivity contribution is 6.33. The number of fused-ring (bicyclic) bond motifs is 1. The van der Waals surface area contributed by atoms with Gasteiger partial charge in [-0.05, 0) is 18.2 Å². The Labute approximate surface area is 120 Å². The first-order chi connectivity index (χ1) is 9.69. The number of hydrogen-bond acceptors (Lipinski definition) is 5. The van der Waals surface area contributed by atoms with Crippen LogP contribution in [0.5, 0.6) is 0 Å². The molecular weight excluding hydrogens is 274 g/mol. The summed E-state index contributed by atoms with van der Waals surface area (Å²) in [7, 11) is 1.80. The molecule has 0 aliphatic rings. The Kier molecular flexibility index (Phi) is 3.12. The molecule has 2 aromatic heterocycles. The number of aromatic nitrogens is 3. The van der Waals surface area contributed by atoms with Gasteiger partial charge in [-0.15, -0.1) is 0 Å². The van der Waals surface area contributed by atoms with Gasteiger partial charge < -0.3 is 11.1 Å². The number of halogens is 1. The maximum absolute atomic E-state index is 6.06. The van der Waals surface area contributed by atoms with Gasteiger partial charge in [-0.1, -0.05) is 17.7 Å². The monoisotopic (exact) mass is 285 g/mol. The zero-order valence-corrected chi connectivity index (χ0v) is 11.5. The van der Waals surface area contributed by atoms with Gasteiger partial charge in [0.25, 0.3) is 0 Å². The largest absolute Gasteiger partial charge is 0.398 e. The second-order valence-electron chi connectivity index (χ2n) is 4.27. The van der Waals surface area contributed by atoms with E-state index in [1.807, 2.05) is 12.1 Å². The molecule has 0 fully saturated rings. The Morgan fingerprint density at radius 3 is 2.70 bits per heavy atom. The summed E-state index contributed by atoms with van der Waals surface area (Å²) < 4.78 is 0. The Balaban J connectivity index is 2.23. The molecule has 0 radical (unpaired) electrons. The molecule has 2 heterocycles. The number of nitrogen functional groups attached to an aromatic ring is 1. The van der Waals surface area contributed by atoms with E-state index in [9.17, 15) is 0 Å². The molecule has 0 amide bonds. The quantitative estimate of drug-likeness (QED) is 0.708. The van der Waals surface area contributed by atoms with Crippen molar-refractivity contribution in [1.29, 1.82) is 0 Å². The molecule has 3 N–H and O–H groups in total. The molecule has 0 aliphatic heterocycles. The van der Waals surface area contributed by atoms with Crippen molar-refractivity contribution in [2.24, 2.45) is 0 Å². The van der Waals surface area contributed by atoms with Crippen molar-refractivity contribution >= 4 is 34.1 Å². The lowest BCUT2D eigenvalue weighted by Crippen LogP contribution is -1.98. The van der Waals surface area contributed by atoms with Crippen LogP contribution in [0.4, 0.5) is 11.5 Å². The van der Waals surface area contributed by atoms with Gasteiger partial charge in [0.05, 0.1) is 21.9 Å². The fourth-order valence-electron chi connectivity index (χ4n) is 1.98. The maximum atomic E-state index is 6.06. The lowest BCUT2D eigenvalue weighted by Gasteiger charge is -2.08. The number of nitrogens with two attached hydrogens (primary N) is 1. The van der Waals surface area contributed by atoms with E-state index in [1.165, 1.54) is 0 Å². The Morgan fingerprint density at radius 1 is 1.15 bits per heavy atom. The van der Waals surface area contributed by atoms with Gasteiger partial charge >= 0.3 is 0 Å². The maximum Gasteiger partial charge on any atom is 0.154 e. The van der Waals surface area contributed by atoms with Crippen molar-refractivity contribution in [2.45, 2.75) is 0 Å². The first-order valence-electron chi connectivity index (χ1n) is 6.04. The van der Waals surface area contributed by atoms with Crippen LogP contribution >= 0.6 is 11.6 Å². The standard InChI is InChI=1S/C14H12ClN5/c1-17-14-13-12(18-4-5-19-13)7-11(20-14)8-2-3-10(16)9(15)6-8/h2-7H,16H2,1H3,(H,17,20). The van der Waals surface area contributed by atoms with Gasteiger partial charge in [-0.25, -0.2) is 9.97 Å². The van der Waals surface area contributed by atoms with E-state index in [0.717, 1.165) is 22.3 Å². The zero-order valence-electron chi connectivity index (χ0n) is 10.8. The van der Waals surface area contributed by atoms with Crippen molar-refractivity contribution in [3.05, 3.63) is 41.7 Å². The van der Waals surface area contributed by atoms with E-state index in [2.05, 4.69) is 20.3 Å². The molecule has 5 nitrogen and oxygen atoms in total. The number of benzene rings is 1. The number of pyridine rings is 1. The summed E-state index contributed by atoms with van der Waals surface area (Å²) in [6.07, 6.45) is 3.30. The van der Waals surface area contributed by atoms with E-state index in [1.54, 1.807) is 31.6 Å². The van der Waals surface area contributed by atoms with Crippen LogP contribution in [0.1, 0.15) is 0 Å². The van der Waals surface area contributed by atoms with Crippen LogP contribution in [0.3, 0.4) is 0 Å². The van der Waals surface area contributed by atoms with Crippen LogP contribution in [0, 0.1) is 0 Å². The van der Waals surface area contributed by atoms with Gasteiger partial charge in [0.15, 0.2) is 5.82 Å². The molecule has 0 spiro atoms. The summed E-state index contributed by atoms with van der Waals surface area (Å²) >= 11 is 6.06. The third kappa shape index (κ3) is 2.12. The van der Waals surface area contributed by atoms with Crippen LogP contribution < -0.4 is 11.1 Å². The van der Waals surface area contributed by atoms with Crippen LogP contribution in [-0.4, -0.2) is 22.0 Å². The van der Waals surface area contributed by atoms with Crippen molar-refractivity contribution in [3.63, 3.8) is 0 Å². The average Bonchev–Trinajstić information content (AvgIpc) is 2.49. The summed E-state index contributed by atoms with van der Waals surface area (Å²) in [6.45, 7) is 0. The summed E-state index contributed by atoms with van der Waals surface area (Å²) in [5.41, 5.74) is 9.43. The summed E-state index contributed by atoms with van der Waals surface area (Å²) in [4.78, 5) is 13.1. The Morgan fingerprint density at radius 2 is 1.95 bits per heavy atom. The molecule has 0 aliphatic carbocycles. The van der Waals surface area contributed by atoms with Gasteiger partial charge in [-0.3, -0.25) is 4.98 Å². The minimum absolute atomic E-state index is 0.509. The lowest BCUT2D eigenvalue weighted by molar-refractivity contribution is 1.23. The van der Waals surface area contributed by atoms with Crippen molar-refractivity contribution < 1.29 is 0 Å². The van der Waals surface area contributed by atoms with Crippen LogP contribution in [0.15, 0.2) is 36.7 Å². The molecule has 0 saturated carbocycles. The molecule has 6 heteroatoms. The van der Waals surface area contributed by atoms with Crippen LogP contribution in [0.2, 0.25) is 5.02 Å². The van der Waals surface area contributed by atoms with E-state index in [4.69, 9.17) is 17.3 Å². The SMILES string of the molecule is CNc1nc(-c2ccc(N)c(Cl)c2)cc2nccnc12. The fourth-order valence-corrected chi connectivity index (χ4v) is 2.16. The molecular formula is C14H12ClN5. The first kappa shape index (κ1) is 12.6. The van der Waals surface area contributed by atoms with Crippen molar-refractivity contribution in [1.82, 2.24) is 15.0 Å². The van der Waals surface area contributed by atoms with Crippen molar-refractivity contribution in [3.8, 4) is 11.3 Å². The minimum Gasteiger partial charge on any atom is -0.398 e. The third-order valence-corrected chi connectivity index (χ3v) is 3.32. The molecule has 0 atom stereocenters. The number of nitrogens with one attached hydrogen (secondary N) is 1. The van der Waals surface area contributed by atoms with Gasteiger partial charge in [0.2, 0.25) is 0 Å². The Hall–Kier alpha value is -2.40. The van der Waals surface area contributed by atoms with Gasteiger partial charge in [0.1, 0.15) is 5.52 Å². The molecule has 3 rings (SSSR count). The number of nitrogens with zero attached hydrogens (tertiary/aromatic N) is 3. The van der Waals surface area contributed by atoms with Gasteiger partial charge in [0, 0.05) is 25.0 Å². The van der Waals surface area contributed by atoms with Crippen molar-refractivity contribution in [2.75, 3.05) is 18.1 Å². The third-order valence-electron chi connectivity index (χ3n) is 2.99. The van der Waals surface area contributed by atoms with E-state index in [-0.39, 0.29) is 0 Å². The van der Waals surface area contributed by atoms with Gasteiger partial charge in [-0.2, -0.15) is 0 Å². The molecule has 3 aromatic rings. The molecule has 0 saturated heterocycles. The van der Waals surface area contributed by atoms with E-state index < -0.39 is 0 Å². The highest BCUT2D eigenvalue weighted by Gasteiger charge is 2.09. The molecule has 0 bridgehead atoms. The summed E-state index contributed by atoms with van der Waals surface area (Å²) in [5, 5.41) is 3.54. The summed E-state index contributed by atoms with van der Waals surface area (Å²) in [6, 6.07) is 7.32. The zero-order chi connectivity index (χ0) is 14.1. The van der Waals surface area contributed by atoms with E-state index in [0.29, 0.717) is 16.5 Å². The highest BCUT2D eigenvalue weighted by Crippen LogP contribution is 2.29. The fraction of sp³-hybridized carbons (Fsp3) is 0.0714. The Bertz CT molecular complexity index is 788. The predicted octanol–water partition coefficient (Wildman–Crippen LogP) is 2.97. The molecule has 1 aromatic carbocycles. The lowest BCUT2D eigenvalue weighted by atomic mass is 10.1. The molecule has 100 valence electrons. The molecule has 0 unspecified atom stereocenters. The second kappa shape index (κ2) is 4.94. The topological polar surface area (TPSA) is 76.7 Å². The minimum atomic E-state index is 0.509. The predicted molar refractivity (Wildman–Crippen MR) is 81.7 cm³/mol. The normalized spacial score (nSPS) is 10.7. The number of rotatable bonds is 2. The number of anilines is 2. The highest BCUT2D eigenvalue weighted by atomic mass is 35.5. The summed E-state index contributed by atoms with van der Waals surface area (Å²) in [5.74, 6) is 0.679. The second-order valence-corrected chi connectivity index (χ2v) is 4.67. The average molecular weight is 286 g/mol. The smallest absolute Gasteiger partial charge is 0.154 e. The first-order valence-corrected chi connectivity index (χ1v) is 6.42. The van der Waals surface area contributed by atoms with Crippen LogP contribution in [-0.2, 0) is 0 Å². The number of hydrogen-bond donors (Lipinski definition) is 2. The van der Waals surface area contributed by atoms with Crippen LogP contribution in [0.25, 0.3) is 22.3 Å². The van der Waals surface area contributed by atoms with E-state index >= 15 is 0 Å². The molecule has 20 heavy (non-hydrogen) atoms.